The van der Waals surface area contributed by atoms with Gasteiger partial charge in [-0.15, -0.1) is 0 Å². The molecule has 0 aliphatic heterocycles. The van der Waals surface area contributed by atoms with E-state index in [-0.39, 0.29) is 5.78 Å². The summed E-state index contributed by atoms with van der Waals surface area (Å²) in [5.74, 6) is 1.09. The Labute approximate surface area is 113 Å². The minimum atomic E-state index is 0.224. The van der Waals surface area contributed by atoms with Gasteiger partial charge in [0.25, 0.3) is 0 Å². The van der Waals surface area contributed by atoms with Crippen LogP contribution in [-0.2, 0) is 22.5 Å². The maximum Gasteiger partial charge on any atom is 0.140 e. The molecule has 0 radical (unpaired) electrons. The average Bonchev–Trinajstić information content (AvgIpc) is 2.76. The predicted octanol–water partition coefficient (Wildman–Crippen LogP) is 2.59. The Balaban J connectivity index is 2.13. The number of ketones is 1. The van der Waals surface area contributed by atoms with E-state index >= 15 is 0 Å². The van der Waals surface area contributed by atoms with Gasteiger partial charge in [-0.05, 0) is 25.5 Å². The first-order valence-electron chi connectivity index (χ1n) is 6.71. The number of hydrogen-bond donors (Lipinski definition) is 0. The number of aromatic nitrogens is 2. The van der Waals surface area contributed by atoms with E-state index in [1.54, 1.807) is 7.11 Å². The van der Waals surface area contributed by atoms with E-state index in [1.807, 2.05) is 24.3 Å². The van der Waals surface area contributed by atoms with Crippen molar-refractivity contribution in [2.75, 3.05) is 13.7 Å². The summed E-state index contributed by atoms with van der Waals surface area (Å²) in [5.41, 5.74) is 2.06. The Hall–Kier alpha value is -1.68. The molecule has 0 fully saturated rings. The van der Waals surface area contributed by atoms with Crippen molar-refractivity contribution >= 4 is 16.8 Å². The first kappa shape index (κ1) is 13.7. The molecule has 4 heteroatoms. The highest BCUT2D eigenvalue weighted by Crippen LogP contribution is 2.16. The van der Waals surface area contributed by atoms with Gasteiger partial charge in [-0.2, -0.15) is 0 Å². The number of para-hydroxylation sites is 2. The summed E-state index contributed by atoms with van der Waals surface area (Å²) in [4.78, 5) is 16.5. The zero-order valence-electron chi connectivity index (χ0n) is 11.6. The van der Waals surface area contributed by atoms with Gasteiger partial charge in [0.1, 0.15) is 11.6 Å². The summed E-state index contributed by atoms with van der Waals surface area (Å²) in [6, 6.07) is 8.00. The van der Waals surface area contributed by atoms with Crippen molar-refractivity contribution in [3.8, 4) is 0 Å². The summed E-state index contributed by atoms with van der Waals surface area (Å²) < 4.78 is 7.08. The van der Waals surface area contributed by atoms with Crippen LogP contribution in [-0.4, -0.2) is 29.1 Å². The molecule has 102 valence electrons. The molecule has 1 aromatic carbocycles. The van der Waals surface area contributed by atoms with E-state index < -0.39 is 0 Å². The molecular weight excluding hydrogens is 240 g/mol. The predicted molar refractivity (Wildman–Crippen MR) is 75.2 cm³/mol. The molecule has 2 aromatic rings. The van der Waals surface area contributed by atoms with Crippen molar-refractivity contribution in [3.63, 3.8) is 0 Å². The summed E-state index contributed by atoms with van der Waals surface area (Å²) in [5, 5.41) is 0. The van der Waals surface area contributed by atoms with Crippen LogP contribution in [0.15, 0.2) is 24.3 Å². The van der Waals surface area contributed by atoms with Gasteiger partial charge in [0.2, 0.25) is 0 Å². The van der Waals surface area contributed by atoms with Crippen molar-refractivity contribution in [2.45, 2.75) is 32.7 Å². The molecule has 0 spiro atoms. The van der Waals surface area contributed by atoms with Crippen LogP contribution in [0.1, 0.15) is 25.6 Å². The monoisotopic (exact) mass is 260 g/mol. The molecule has 0 saturated carbocycles. The maximum absolute atomic E-state index is 11.9. The van der Waals surface area contributed by atoms with E-state index in [0.717, 1.165) is 29.8 Å². The smallest absolute Gasteiger partial charge is 0.140 e. The lowest BCUT2D eigenvalue weighted by Gasteiger charge is -2.05. The van der Waals surface area contributed by atoms with E-state index in [1.165, 1.54) is 0 Å². The van der Waals surface area contributed by atoms with Gasteiger partial charge in [-0.1, -0.05) is 12.1 Å². The van der Waals surface area contributed by atoms with Crippen LogP contribution in [0.25, 0.3) is 11.0 Å². The third-order valence-corrected chi connectivity index (χ3v) is 3.21. The lowest BCUT2D eigenvalue weighted by atomic mass is 10.1. The Kier molecular flexibility index (Phi) is 4.68. The Morgan fingerprint density at radius 1 is 1.37 bits per heavy atom. The number of methoxy groups -OCH3 is 1. The van der Waals surface area contributed by atoms with E-state index in [9.17, 15) is 4.79 Å². The molecule has 0 saturated heterocycles. The van der Waals surface area contributed by atoms with Crippen molar-refractivity contribution in [2.24, 2.45) is 0 Å². The van der Waals surface area contributed by atoms with Gasteiger partial charge in [-0.25, -0.2) is 4.98 Å². The first-order valence-corrected chi connectivity index (χ1v) is 6.71. The number of hydrogen-bond acceptors (Lipinski definition) is 3. The molecule has 1 aromatic heterocycles. The molecule has 0 N–H and O–H groups in total. The number of Topliss-reactive ketones (excluding diaryl/α,β-unsaturated/α-hetero) is 1. The third-order valence-electron chi connectivity index (χ3n) is 3.21. The Morgan fingerprint density at radius 3 is 2.89 bits per heavy atom. The Morgan fingerprint density at radius 2 is 2.16 bits per heavy atom. The van der Waals surface area contributed by atoms with Crippen molar-refractivity contribution < 1.29 is 9.53 Å². The molecule has 0 aliphatic rings. The summed E-state index contributed by atoms with van der Waals surface area (Å²) in [6.45, 7) is 3.55. The molecular formula is C15H20N2O2. The van der Waals surface area contributed by atoms with Crippen LogP contribution in [0.5, 0.6) is 0 Å². The van der Waals surface area contributed by atoms with Crippen molar-refractivity contribution in [1.29, 1.82) is 0 Å². The van der Waals surface area contributed by atoms with Crippen LogP contribution >= 0.6 is 0 Å². The quantitative estimate of drug-likeness (QED) is 0.719. The molecule has 19 heavy (non-hydrogen) atoms. The zero-order chi connectivity index (χ0) is 13.7. The fourth-order valence-corrected chi connectivity index (χ4v) is 2.29. The molecule has 0 bridgehead atoms. The number of nitrogens with zero attached hydrogens (tertiary/aromatic N) is 2. The molecule has 0 amide bonds. The maximum atomic E-state index is 11.9. The van der Waals surface area contributed by atoms with Crippen LogP contribution < -0.4 is 0 Å². The SMILES string of the molecule is CCn1c(CC(=O)CCCOC)nc2ccccc21. The number of carbonyl (C=O) groups excluding carboxylic acids is 1. The minimum absolute atomic E-state index is 0.224. The standard InChI is InChI=1S/C15H20N2O2/c1-3-17-14-9-5-4-8-13(14)16-15(17)11-12(18)7-6-10-19-2/h4-5,8-9H,3,6-7,10-11H2,1-2H3. The van der Waals surface area contributed by atoms with Gasteiger partial charge in [0, 0.05) is 26.7 Å². The van der Waals surface area contributed by atoms with Crippen LogP contribution in [0.3, 0.4) is 0 Å². The number of imidazole rings is 1. The van der Waals surface area contributed by atoms with Crippen LogP contribution in [0.4, 0.5) is 0 Å². The highest BCUT2D eigenvalue weighted by Gasteiger charge is 2.12. The summed E-state index contributed by atoms with van der Waals surface area (Å²) in [7, 11) is 1.65. The third kappa shape index (κ3) is 3.20. The van der Waals surface area contributed by atoms with E-state index in [2.05, 4.69) is 16.5 Å². The average molecular weight is 260 g/mol. The fourth-order valence-electron chi connectivity index (χ4n) is 2.29. The largest absolute Gasteiger partial charge is 0.385 e. The summed E-state index contributed by atoms with van der Waals surface area (Å²) in [6.07, 6.45) is 1.74. The first-order chi connectivity index (χ1) is 9.26. The topological polar surface area (TPSA) is 44.1 Å². The lowest BCUT2D eigenvalue weighted by molar-refractivity contribution is -0.118. The molecule has 0 atom stereocenters. The Bertz CT molecular complexity index is 560. The second-order valence-corrected chi connectivity index (χ2v) is 4.57. The van der Waals surface area contributed by atoms with Crippen molar-refractivity contribution in [3.05, 3.63) is 30.1 Å². The lowest BCUT2D eigenvalue weighted by Crippen LogP contribution is -2.10. The van der Waals surface area contributed by atoms with Gasteiger partial charge >= 0.3 is 0 Å². The fraction of sp³-hybridized carbons (Fsp3) is 0.467. The number of fused-ring (bicyclic) bond motifs is 1. The number of benzene rings is 1. The molecule has 4 nitrogen and oxygen atoms in total. The van der Waals surface area contributed by atoms with Gasteiger partial charge in [-0.3, -0.25) is 4.79 Å². The highest BCUT2D eigenvalue weighted by molar-refractivity contribution is 5.82. The molecule has 0 aliphatic carbocycles. The summed E-state index contributed by atoms with van der Waals surface area (Å²) >= 11 is 0. The number of rotatable bonds is 7. The molecule has 0 unspecified atom stereocenters. The number of aryl methyl sites for hydroxylation is 1. The van der Waals surface area contributed by atoms with E-state index in [4.69, 9.17) is 4.74 Å². The minimum Gasteiger partial charge on any atom is -0.385 e. The highest BCUT2D eigenvalue weighted by atomic mass is 16.5. The van der Waals surface area contributed by atoms with Gasteiger partial charge in [0.05, 0.1) is 17.5 Å². The molecule has 1 heterocycles. The van der Waals surface area contributed by atoms with Crippen LogP contribution in [0, 0.1) is 0 Å². The van der Waals surface area contributed by atoms with E-state index in [0.29, 0.717) is 19.4 Å². The number of ether oxygens (including phenoxy) is 1. The second-order valence-electron chi connectivity index (χ2n) is 4.57. The van der Waals surface area contributed by atoms with Crippen LogP contribution in [0.2, 0.25) is 0 Å². The zero-order valence-corrected chi connectivity index (χ0v) is 11.6. The van der Waals surface area contributed by atoms with Gasteiger partial charge < -0.3 is 9.30 Å². The molecule has 2 rings (SSSR count). The second kappa shape index (κ2) is 6.48. The normalized spacial score (nSPS) is 11.1. The van der Waals surface area contributed by atoms with Gasteiger partial charge in [0.15, 0.2) is 0 Å². The number of carbonyl (C=O) groups is 1. The van der Waals surface area contributed by atoms with Crippen molar-refractivity contribution in [1.82, 2.24) is 9.55 Å².